The van der Waals surface area contributed by atoms with Gasteiger partial charge in [0, 0.05) is 0 Å². The maximum absolute atomic E-state index is 9.75. The van der Waals surface area contributed by atoms with Gasteiger partial charge in [-0.1, -0.05) is 24.3 Å². The van der Waals surface area contributed by atoms with Gasteiger partial charge in [0.1, 0.15) is 0 Å². The largest absolute Gasteiger partial charge is 0.388 e. The van der Waals surface area contributed by atoms with Gasteiger partial charge in [0.15, 0.2) is 0 Å². The van der Waals surface area contributed by atoms with E-state index in [0.717, 1.165) is 5.56 Å². The van der Waals surface area contributed by atoms with E-state index in [0.29, 0.717) is 6.42 Å². The molecule has 1 rings (SSSR count). The average molecular weight is 176 g/mol. The molecule has 1 aromatic carbocycles. The number of benzene rings is 1. The Hall–Kier alpha value is -1.08. The SMILES string of the molecule is C=CCC(O)c1cccc(C)c1C. The van der Waals surface area contributed by atoms with Crippen molar-refractivity contribution in [2.24, 2.45) is 0 Å². The van der Waals surface area contributed by atoms with E-state index in [-0.39, 0.29) is 0 Å². The first-order valence-corrected chi connectivity index (χ1v) is 4.52. The Morgan fingerprint density at radius 3 is 2.77 bits per heavy atom. The highest BCUT2D eigenvalue weighted by atomic mass is 16.3. The third-order valence-corrected chi connectivity index (χ3v) is 2.40. The van der Waals surface area contributed by atoms with Crippen molar-refractivity contribution in [3.63, 3.8) is 0 Å². The standard InChI is InChI=1S/C12H16O/c1-4-6-12(13)11-8-5-7-9(2)10(11)3/h4-5,7-8,12-13H,1,6H2,2-3H3. The van der Waals surface area contributed by atoms with E-state index in [4.69, 9.17) is 0 Å². The maximum Gasteiger partial charge on any atom is 0.0827 e. The predicted molar refractivity (Wildman–Crippen MR) is 55.7 cm³/mol. The molecule has 0 aliphatic carbocycles. The molecule has 0 saturated heterocycles. The zero-order valence-electron chi connectivity index (χ0n) is 8.25. The van der Waals surface area contributed by atoms with Gasteiger partial charge in [0.25, 0.3) is 0 Å². The first kappa shape index (κ1) is 10.0. The molecule has 13 heavy (non-hydrogen) atoms. The van der Waals surface area contributed by atoms with Crippen LogP contribution in [0.3, 0.4) is 0 Å². The predicted octanol–water partition coefficient (Wildman–Crippen LogP) is 2.91. The lowest BCUT2D eigenvalue weighted by atomic mass is 9.98. The number of aliphatic hydroxyl groups excluding tert-OH is 1. The van der Waals surface area contributed by atoms with Crippen molar-refractivity contribution >= 4 is 0 Å². The van der Waals surface area contributed by atoms with Crippen LogP contribution in [0.2, 0.25) is 0 Å². The Balaban J connectivity index is 3.00. The van der Waals surface area contributed by atoms with Gasteiger partial charge in [-0.25, -0.2) is 0 Å². The van der Waals surface area contributed by atoms with Crippen LogP contribution >= 0.6 is 0 Å². The van der Waals surface area contributed by atoms with Crippen LogP contribution in [0, 0.1) is 13.8 Å². The molecular formula is C12H16O. The summed E-state index contributed by atoms with van der Waals surface area (Å²) in [7, 11) is 0. The minimum Gasteiger partial charge on any atom is -0.388 e. The fraction of sp³-hybridized carbons (Fsp3) is 0.333. The lowest BCUT2D eigenvalue weighted by Gasteiger charge is -2.13. The van der Waals surface area contributed by atoms with Gasteiger partial charge in [-0.2, -0.15) is 0 Å². The first-order chi connectivity index (χ1) is 6.16. The van der Waals surface area contributed by atoms with Crippen LogP contribution in [-0.4, -0.2) is 5.11 Å². The van der Waals surface area contributed by atoms with Crippen LogP contribution in [0.25, 0.3) is 0 Å². The zero-order valence-corrected chi connectivity index (χ0v) is 8.25. The lowest BCUT2D eigenvalue weighted by Crippen LogP contribution is -1.99. The van der Waals surface area contributed by atoms with Gasteiger partial charge >= 0.3 is 0 Å². The van der Waals surface area contributed by atoms with Crippen LogP contribution in [0.15, 0.2) is 30.9 Å². The molecule has 1 atom stereocenters. The molecule has 1 nitrogen and oxygen atoms in total. The van der Waals surface area contributed by atoms with Crippen molar-refractivity contribution in [2.45, 2.75) is 26.4 Å². The molecule has 0 saturated carbocycles. The molecular weight excluding hydrogens is 160 g/mol. The van der Waals surface area contributed by atoms with E-state index in [2.05, 4.69) is 19.6 Å². The fourth-order valence-electron chi connectivity index (χ4n) is 1.42. The second kappa shape index (κ2) is 4.24. The van der Waals surface area contributed by atoms with E-state index in [1.165, 1.54) is 11.1 Å². The zero-order chi connectivity index (χ0) is 9.84. The number of aliphatic hydroxyl groups is 1. The van der Waals surface area contributed by atoms with E-state index in [1.54, 1.807) is 6.08 Å². The highest BCUT2D eigenvalue weighted by Gasteiger charge is 2.08. The Bertz CT molecular complexity index is 302. The summed E-state index contributed by atoms with van der Waals surface area (Å²) in [5.41, 5.74) is 3.41. The highest BCUT2D eigenvalue weighted by molar-refractivity contribution is 5.34. The topological polar surface area (TPSA) is 20.2 Å². The monoisotopic (exact) mass is 176 g/mol. The number of hydrogen-bond acceptors (Lipinski definition) is 1. The summed E-state index contributed by atoms with van der Waals surface area (Å²) < 4.78 is 0. The van der Waals surface area contributed by atoms with Crippen LogP contribution in [0.1, 0.15) is 29.2 Å². The molecule has 0 spiro atoms. The number of hydrogen-bond donors (Lipinski definition) is 1. The number of rotatable bonds is 3. The molecule has 0 aliphatic heterocycles. The summed E-state index contributed by atoms with van der Waals surface area (Å²) in [5, 5.41) is 9.75. The molecule has 70 valence electrons. The van der Waals surface area contributed by atoms with Crippen molar-refractivity contribution in [1.29, 1.82) is 0 Å². The van der Waals surface area contributed by atoms with Crippen molar-refractivity contribution in [3.8, 4) is 0 Å². The molecule has 0 bridgehead atoms. The van der Waals surface area contributed by atoms with E-state index >= 15 is 0 Å². The second-order valence-electron chi connectivity index (χ2n) is 3.33. The van der Waals surface area contributed by atoms with Crippen molar-refractivity contribution in [2.75, 3.05) is 0 Å². The van der Waals surface area contributed by atoms with Crippen molar-refractivity contribution in [3.05, 3.63) is 47.5 Å². The number of aryl methyl sites for hydroxylation is 1. The summed E-state index contributed by atoms with van der Waals surface area (Å²) >= 11 is 0. The maximum atomic E-state index is 9.75. The van der Waals surface area contributed by atoms with Crippen LogP contribution in [0.4, 0.5) is 0 Å². The Labute approximate surface area is 79.7 Å². The summed E-state index contributed by atoms with van der Waals surface area (Å²) in [6.07, 6.45) is 1.95. The molecule has 0 aromatic heterocycles. The highest BCUT2D eigenvalue weighted by Crippen LogP contribution is 2.22. The summed E-state index contributed by atoms with van der Waals surface area (Å²) in [5.74, 6) is 0. The fourth-order valence-corrected chi connectivity index (χ4v) is 1.42. The van der Waals surface area contributed by atoms with Crippen LogP contribution in [0.5, 0.6) is 0 Å². The third kappa shape index (κ3) is 2.19. The summed E-state index contributed by atoms with van der Waals surface area (Å²) in [4.78, 5) is 0. The molecule has 0 amide bonds. The van der Waals surface area contributed by atoms with E-state index in [1.807, 2.05) is 19.1 Å². The molecule has 0 aliphatic rings. The second-order valence-corrected chi connectivity index (χ2v) is 3.33. The van der Waals surface area contributed by atoms with Gasteiger partial charge in [-0.15, -0.1) is 6.58 Å². The molecule has 0 fully saturated rings. The Morgan fingerprint density at radius 1 is 1.46 bits per heavy atom. The van der Waals surface area contributed by atoms with Crippen molar-refractivity contribution < 1.29 is 5.11 Å². The van der Waals surface area contributed by atoms with Crippen LogP contribution in [-0.2, 0) is 0 Å². The smallest absolute Gasteiger partial charge is 0.0827 e. The molecule has 1 aromatic rings. The van der Waals surface area contributed by atoms with E-state index < -0.39 is 6.10 Å². The van der Waals surface area contributed by atoms with Crippen molar-refractivity contribution in [1.82, 2.24) is 0 Å². The van der Waals surface area contributed by atoms with Gasteiger partial charge in [-0.3, -0.25) is 0 Å². The minimum absolute atomic E-state index is 0.405. The quantitative estimate of drug-likeness (QED) is 0.702. The molecule has 1 N–H and O–H groups in total. The van der Waals surface area contributed by atoms with Crippen LogP contribution < -0.4 is 0 Å². The Morgan fingerprint density at radius 2 is 2.15 bits per heavy atom. The average Bonchev–Trinajstić information content (AvgIpc) is 2.10. The minimum atomic E-state index is -0.405. The molecule has 0 heterocycles. The third-order valence-electron chi connectivity index (χ3n) is 2.40. The Kier molecular flexibility index (Phi) is 3.26. The van der Waals surface area contributed by atoms with Gasteiger partial charge in [0.05, 0.1) is 6.10 Å². The normalized spacial score (nSPS) is 12.5. The van der Waals surface area contributed by atoms with Gasteiger partial charge in [-0.05, 0) is 37.0 Å². The summed E-state index contributed by atoms with van der Waals surface area (Å²) in [6, 6.07) is 6.00. The van der Waals surface area contributed by atoms with E-state index in [9.17, 15) is 5.11 Å². The molecule has 0 radical (unpaired) electrons. The molecule has 1 heteroatoms. The first-order valence-electron chi connectivity index (χ1n) is 4.52. The van der Waals surface area contributed by atoms with Gasteiger partial charge in [0.2, 0.25) is 0 Å². The lowest BCUT2D eigenvalue weighted by molar-refractivity contribution is 0.181. The van der Waals surface area contributed by atoms with Gasteiger partial charge < -0.3 is 5.11 Å². The molecule has 1 unspecified atom stereocenters. The summed E-state index contributed by atoms with van der Waals surface area (Å²) in [6.45, 7) is 7.71.